The lowest BCUT2D eigenvalue weighted by Crippen LogP contribution is -2.19. The molecule has 0 heterocycles. The molecule has 2 aromatic rings. The van der Waals surface area contributed by atoms with Crippen LogP contribution >= 0.6 is 0 Å². The quantitative estimate of drug-likeness (QED) is 0.916. The molecule has 0 radical (unpaired) electrons. The van der Waals surface area contributed by atoms with Crippen molar-refractivity contribution in [3.8, 4) is 28.7 Å². The van der Waals surface area contributed by atoms with Crippen LogP contribution in [0.1, 0.15) is 24.8 Å². The van der Waals surface area contributed by atoms with Gasteiger partial charge in [-0.15, -0.1) is 0 Å². The number of ether oxygens (including phenoxy) is 1. The number of hydrogen-bond acceptors (Lipinski definition) is 3. The number of phenolic OH excluding ortho intramolecular Hbond substituents is 1. The van der Waals surface area contributed by atoms with Gasteiger partial charge in [0, 0.05) is 5.56 Å². The summed E-state index contributed by atoms with van der Waals surface area (Å²) in [5.74, 6) is 0.918. The smallest absolute Gasteiger partial charge is 0.179 e. The van der Waals surface area contributed by atoms with Gasteiger partial charge in [-0.2, -0.15) is 5.26 Å². The molecule has 1 aliphatic rings. The standard InChI is InChI=1S/C18H17NO2/c19-11-15-9-10-16(14-7-2-1-3-8-14)17(20)18(15)21-12-13-5-4-6-13/h1-3,7-10,13,20H,4-6,12H2. The first-order chi connectivity index (χ1) is 10.3. The van der Waals surface area contributed by atoms with Crippen molar-refractivity contribution in [2.45, 2.75) is 19.3 Å². The van der Waals surface area contributed by atoms with E-state index in [1.807, 2.05) is 30.3 Å². The minimum Gasteiger partial charge on any atom is -0.504 e. The second-order valence-corrected chi connectivity index (χ2v) is 5.42. The van der Waals surface area contributed by atoms with Crippen LogP contribution in [0, 0.1) is 17.2 Å². The second kappa shape index (κ2) is 5.88. The van der Waals surface area contributed by atoms with Gasteiger partial charge in [0.15, 0.2) is 11.5 Å². The first kappa shape index (κ1) is 13.5. The maximum atomic E-state index is 10.5. The maximum Gasteiger partial charge on any atom is 0.179 e. The van der Waals surface area contributed by atoms with Gasteiger partial charge in [-0.3, -0.25) is 0 Å². The molecule has 21 heavy (non-hydrogen) atoms. The fourth-order valence-electron chi connectivity index (χ4n) is 2.52. The van der Waals surface area contributed by atoms with E-state index >= 15 is 0 Å². The van der Waals surface area contributed by atoms with Gasteiger partial charge >= 0.3 is 0 Å². The highest BCUT2D eigenvalue weighted by molar-refractivity contribution is 5.75. The van der Waals surface area contributed by atoms with Gasteiger partial charge in [-0.05, 0) is 36.5 Å². The van der Waals surface area contributed by atoms with E-state index in [9.17, 15) is 10.4 Å². The third-order valence-electron chi connectivity index (χ3n) is 4.02. The number of nitriles is 1. The predicted octanol–water partition coefficient (Wildman–Crippen LogP) is 4.11. The molecule has 3 rings (SSSR count). The molecule has 0 aliphatic heterocycles. The molecule has 1 N–H and O–H groups in total. The van der Waals surface area contributed by atoms with E-state index in [2.05, 4.69) is 6.07 Å². The molecule has 2 aromatic carbocycles. The highest BCUT2D eigenvalue weighted by Gasteiger charge is 2.21. The Morgan fingerprint density at radius 1 is 1.14 bits per heavy atom. The molecule has 3 heteroatoms. The van der Waals surface area contributed by atoms with Crippen LogP contribution in [-0.2, 0) is 0 Å². The van der Waals surface area contributed by atoms with Gasteiger partial charge < -0.3 is 9.84 Å². The Kier molecular flexibility index (Phi) is 3.79. The molecule has 0 unspecified atom stereocenters. The van der Waals surface area contributed by atoms with Gasteiger partial charge in [0.1, 0.15) is 6.07 Å². The Balaban J connectivity index is 1.94. The summed E-state index contributed by atoms with van der Waals surface area (Å²) in [6.45, 7) is 0.570. The molecule has 0 aromatic heterocycles. The van der Waals surface area contributed by atoms with Gasteiger partial charge in [0.2, 0.25) is 0 Å². The van der Waals surface area contributed by atoms with Crippen LogP contribution in [0.25, 0.3) is 11.1 Å². The maximum absolute atomic E-state index is 10.5. The lowest BCUT2D eigenvalue weighted by atomic mass is 9.86. The van der Waals surface area contributed by atoms with Crippen LogP contribution in [0.15, 0.2) is 42.5 Å². The van der Waals surface area contributed by atoms with Crippen LogP contribution in [0.3, 0.4) is 0 Å². The Labute approximate surface area is 124 Å². The van der Waals surface area contributed by atoms with E-state index in [0.717, 1.165) is 5.56 Å². The van der Waals surface area contributed by atoms with Crippen molar-refractivity contribution < 1.29 is 9.84 Å². The summed E-state index contributed by atoms with van der Waals surface area (Å²) in [5, 5.41) is 19.7. The highest BCUT2D eigenvalue weighted by Crippen LogP contribution is 2.40. The normalized spacial score (nSPS) is 14.2. The van der Waals surface area contributed by atoms with E-state index in [1.165, 1.54) is 19.3 Å². The Morgan fingerprint density at radius 3 is 2.52 bits per heavy atom. The van der Waals surface area contributed by atoms with Crippen LogP contribution in [0.4, 0.5) is 0 Å². The zero-order valence-corrected chi connectivity index (χ0v) is 11.7. The molecule has 3 nitrogen and oxygen atoms in total. The lowest BCUT2D eigenvalue weighted by Gasteiger charge is -2.25. The van der Waals surface area contributed by atoms with Gasteiger partial charge in [0.05, 0.1) is 12.2 Å². The van der Waals surface area contributed by atoms with E-state index in [1.54, 1.807) is 12.1 Å². The lowest BCUT2D eigenvalue weighted by molar-refractivity contribution is 0.176. The molecule has 1 fully saturated rings. The van der Waals surface area contributed by atoms with E-state index in [0.29, 0.717) is 29.4 Å². The van der Waals surface area contributed by atoms with Crippen molar-refractivity contribution in [3.05, 3.63) is 48.0 Å². The molecule has 0 bridgehead atoms. The third kappa shape index (κ3) is 2.71. The van der Waals surface area contributed by atoms with E-state index < -0.39 is 0 Å². The average molecular weight is 279 g/mol. The molecule has 0 amide bonds. The minimum absolute atomic E-state index is 0.0552. The average Bonchev–Trinajstić information content (AvgIpc) is 2.48. The number of rotatable bonds is 4. The van der Waals surface area contributed by atoms with Crippen molar-refractivity contribution in [1.82, 2.24) is 0 Å². The molecule has 0 saturated heterocycles. The summed E-state index contributed by atoms with van der Waals surface area (Å²) in [5.41, 5.74) is 1.98. The van der Waals surface area contributed by atoms with Crippen LogP contribution in [0.5, 0.6) is 11.5 Å². The molecular formula is C18H17NO2. The molecule has 1 saturated carbocycles. The molecule has 106 valence electrons. The van der Waals surface area contributed by atoms with Gasteiger partial charge in [0.25, 0.3) is 0 Å². The summed E-state index contributed by atoms with van der Waals surface area (Å²) >= 11 is 0. The second-order valence-electron chi connectivity index (χ2n) is 5.42. The van der Waals surface area contributed by atoms with Crippen molar-refractivity contribution >= 4 is 0 Å². The highest BCUT2D eigenvalue weighted by atomic mass is 16.5. The van der Waals surface area contributed by atoms with Crippen LogP contribution in [0.2, 0.25) is 0 Å². The zero-order chi connectivity index (χ0) is 14.7. The van der Waals surface area contributed by atoms with Crippen molar-refractivity contribution in [1.29, 1.82) is 5.26 Å². The summed E-state index contributed by atoms with van der Waals surface area (Å²) in [7, 11) is 0. The van der Waals surface area contributed by atoms with Crippen molar-refractivity contribution in [3.63, 3.8) is 0 Å². The van der Waals surface area contributed by atoms with Crippen LogP contribution < -0.4 is 4.74 Å². The first-order valence-electron chi connectivity index (χ1n) is 7.24. The monoisotopic (exact) mass is 279 g/mol. The summed E-state index contributed by atoms with van der Waals surface area (Å²) < 4.78 is 5.75. The molecular weight excluding hydrogens is 262 g/mol. The number of phenols is 1. The van der Waals surface area contributed by atoms with Crippen molar-refractivity contribution in [2.24, 2.45) is 5.92 Å². The van der Waals surface area contributed by atoms with E-state index in [4.69, 9.17) is 4.74 Å². The van der Waals surface area contributed by atoms with Gasteiger partial charge in [-0.1, -0.05) is 36.8 Å². The Bertz CT molecular complexity index is 670. The molecule has 1 aliphatic carbocycles. The largest absolute Gasteiger partial charge is 0.504 e. The summed E-state index contributed by atoms with van der Waals surface area (Å²) in [4.78, 5) is 0. The minimum atomic E-state index is 0.0552. The predicted molar refractivity (Wildman–Crippen MR) is 81.1 cm³/mol. The number of benzene rings is 2. The molecule has 0 spiro atoms. The molecule has 0 atom stereocenters. The Hall–Kier alpha value is -2.47. The SMILES string of the molecule is N#Cc1ccc(-c2ccccc2)c(O)c1OCC1CCC1. The topological polar surface area (TPSA) is 53.2 Å². The fourth-order valence-corrected chi connectivity index (χ4v) is 2.52. The summed E-state index contributed by atoms with van der Waals surface area (Å²) in [6, 6.07) is 15.2. The van der Waals surface area contributed by atoms with Gasteiger partial charge in [-0.25, -0.2) is 0 Å². The third-order valence-corrected chi connectivity index (χ3v) is 4.02. The van der Waals surface area contributed by atoms with E-state index in [-0.39, 0.29) is 5.75 Å². The number of nitrogens with zero attached hydrogens (tertiary/aromatic N) is 1. The first-order valence-corrected chi connectivity index (χ1v) is 7.24. The van der Waals surface area contributed by atoms with Crippen molar-refractivity contribution in [2.75, 3.05) is 6.61 Å². The zero-order valence-electron chi connectivity index (χ0n) is 11.7. The summed E-state index contributed by atoms with van der Waals surface area (Å²) in [6.07, 6.45) is 3.58. The Morgan fingerprint density at radius 2 is 1.90 bits per heavy atom. The van der Waals surface area contributed by atoms with Crippen LogP contribution in [-0.4, -0.2) is 11.7 Å². The number of aromatic hydroxyl groups is 1. The number of hydrogen-bond donors (Lipinski definition) is 1. The fraction of sp³-hybridized carbons (Fsp3) is 0.278.